The van der Waals surface area contributed by atoms with Gasteiger partial charge < -0.3 is 15.2 Å². The molecule has 94 valence electrons. The van der Waals surface area contributed by atoms with Crippen molar-refractivity contribution in [1.82, 2.24) is 10.3 Å². The first-order chi connectivity index (χ1) is 8.29. The van der Waals surface area contributed by atoms with Crippen LogP contribution in [0, 0.1) is 6.92 Å². The van der Waals surface area contributed by atoms with Crippen LogP contribution in [0.25, 0.3) is 0 Å². The summed E-state index contributed by atoms with van der Waals surface area (Å²) in [5, 5.41) is 12.7. The van der Waals surface area contributed by atoms with Crippen LogP contribution in [0.15, 0.2) is 18.3 Å². The van der Waals surface area contributed by atoms with Gasteiger partial charge in [0.25, 0.3) is 0 Å². The van der Waals surface area contributed by atoms with Gasteiger partial charge in [-0.05, 0) is 31.4 Å². The molecule has 0 spiro atoms. The van der Waals surface area contributed by atoms with E-state index in [-0.39, 0.29) is 12.6 Å². The fraction of sp³-hybridized carbons (Fsp3) is 0.615. The highest BCUT2D eigenvalue weighted by Gasteiger charge is 2.17. The maximum atomic E-state index is 9.39. The molecule has 0 bridgehead atoms. The number of aryl methyl sites for hydroxylation is 1. The molecule has 1 aliphatic heterocycles. The molecule has 1 aliphatic rings. The maximum absolute atomic E-state index is 9.39. The second-order valence-corrected chi connectivity index (χ2v) is 4.51. The van der Waals surface area contributed by atoms with E-state index in [0.29, 0.717) is 6.10 Å². The van der Waals surface area contributed by atoms with Crippen molar-refractivity contribution in [3.8, 4) is 0 Å². The molecule has 2 N–H and O–H groups in total. The number of rotatable bonds is 5. The Morgan fingerprint density at radius 2 is 2.47 bits per heavy atom. The summed E-state index contributed by atoms with van der Waals surface area (Å²) in [6.07, 6.45) is 4.36. The highest BCUT2D eigenvalue weighted by molar-refractivity contribution is 5.17. The zero-order valence-corrected chi connectivity index (χ0v) is 10.2. The number of aromatic nitrogens is 1. The number of nitrogens with one attached hydrogen (secondary N) is 1. The normalized spacial score (nSPS) is 21.6. The topological polar surface area (TPSA) is 54.4 Å². The molecular weight excluding hydrogens is 216 g/mol. The lowest BCUT2D eigenvalue weighted by Gasteiger charge is -2.19. The largest absolute Gasteiger partial charge is 0.394 e. The lowest BCUT2D eigenvalue weighted by atomic mass is 10.1. The minimum absolute atomic E-state index is 0.0488. The number of hydrogen-bond acceptors (Lipinski definition) is 4. The van der Waals surface area contributed by atoms with E-state index in [9.17, 15) is 5.11 Å². The summed E-state index contributed by atoms with van der Waals surface area (Å²) in [4.78, 5) is 4.25. The Kier molecular flexibility index (Phi) is 4.48. The third kappa shape index (κ3) is 3.49. The van der Waals surface area contributed by atoms with E-state index in [2.05, 4.69) is 10.3 Å². The highest BCUT2D eigenvalue weighted by Crippen LogP contribution is 2.15. The fourth-order valence-corrected chi connectivity index (χ4v) is 2.05. The van der Waals surface area contributed by atoms with Crippen molar-refractivity contribution in [2.75, 3.05) is 19.8 Å². The smallest absolute Gasteiger partial charge is 0.0700 e. The van der Waals surface area contributed by atoms with Gasteiger partial charge >= 0.3 is 0 Å². The van der Waals surface area contributed by atoms with Crippen LogP contribution in [0.1, 0.15) is 30.1 Å². The lowest BCUT2D eigenvalue weighted by molar-refractivity contribution is 0.104. The van der Waals surface area contributed by atoms with Crippen LogP contribution >= 0.6 is 0 Å². The molecule has 2 unspecified atom stereocenters. The molecule has 0 aromatic carbocycles. The van der Waals surface area contributed by atoms with Gasteiger partial charge in [0.1, 0.15) is 0 Å². The summed E-state index contributed by atoms with van der Waals surface area (Å²) in [6.45, 7) is 3.69. The average Bonchev–Trinajstić information content (AvgIpc) is 2.85. The van der Waals surface area contributed by atoms with Crippen LogP contribution in [0.3, 0.4) is 0 Å². The van der Waals surface area contributed by atoms with Gasteiger partial charge in [0.05, 0.1) is 18.8 Å². The summed E-state index contributed by atoms with van der Waals surface area (Å²) in [5.74, 6) is 0. The molecule has 17 heavy (non-hydrogen) atoms. The minimum atomic E-state index is -0.0488. The van der Waals surface area contributed by atoms with E-state index in [1.165, 1.54) is 0 Å². The molecule has 0 aliphatic carbocycles. The molecule has 1 aromatic heterocycles. The number of ether oxygens (including phenoxy) is 1. The van der Waals surface area contributed by atoms with Crippen molar-refractivity contribution < 1.29 is 9.84 Å². The molecule has 4 nitrogen and oxygen atoms in total. The molecule has 1 saturated heterocycles. The van der Waals surface area contributed by atoms with Crippen molar-refractivity contribution in [2.24, 2.45) is 0 Å². The average molecular weight is 236 g/mol. The van der Waals surface area contributed by atoms with E-state index in [1.54, 1.807) is 0 Å². The van der Waals surface area contributed by atoms with E-state index in [1.807, 2.05) is 25.3 Å². The molecule has 0 amide bonds. The van der Waals surface area contributed by atoms with Crippen molar-refractivity contribution in [2.45, 2.75) is 31.9 Å². The summed E-state index contributed by atoms with van der Waals surface area (Å²) >= 11 is 0. The van der Waals surface area contributed by atoms with Crippen molar-refractivity contribution in [3.05, 3.63) is 29.6 Å². The van der Waals surface area contributed by atoms with E-state index < -0.39 is 0 Å². The van der Waals surface area contributed by atoms with Gasteiger partial charge in [0, 0.05) is 25.0 Å². The summed E-state index contributed by atoms with van der Waals surface area (Å²) in [5.41, 5.74) is 2.01. The number of aliphatic hydroxyl groups is 1. The number of nitrogens with zero attached hydrogens (tertiary/aromatic N) is 1. The molecular formula is C13H20N2O2. The third-order valence-corrected chi connectivity index (χ3v) is 3.14. The maximum Gasteiger partial charge on any atom is 0.0700 e. The van der Waals surface area contributed by atoms with Gasteiger partial charge in [0.2, 0.25) is 0 Å². The zero-order valence-electron chi connectivity index (χ0n) is 10.2. The fourth-order valence-electron chi connectivity index (χ4n) is 2.05. The molecule has 0 radical (unpaired) electrons. The van der Waals surface area contributed by atoms with Crippen molar-refractivity contribution in [3.63, 3.8) is 0 Å². The van der Waals surface area contributed by atoms with Crippen LogP contribution in [-0.4, -0.2) is 36.0 Å². The number of pyridine rings is 1. The monoisotopic (exact) mass is 236 g/mol. The van der Waals surface area contributed by atoms with Gasteiger partial charge in [-0.3, -0.25) is 4.98 Å². The Bertz CT molecular complexity index is 334. The second kappa shape index (κ2) is 6.10. The molecule has 2 heterocycles. The van der Waals surface area contributed by atoms with Gasteiger partial charge in [-0.1, -0.05) is 6.07 Å². The highest BCUT2D eigenvalue weighted by atomic mass is 16.5. The molecule has 2 rings (SSSR count). The standard InChI is InChI=1S/C13H20N2O2/c1-10-4-5-11(7-14-10)13(9-16)15-8-12-3-2-6-17-12/h4-5,7,12-13,15-16H,2-3,6,8-9H2,1H3. The molecule has 4 heteroatoms. The first-order valence-electron chi connectivity index (χ1n) is 6.18. The summed E-state index contributed by atoms with van der Waals surface area (Å²) in [7, 11) is 0. The first-order valence-corrected chi connectivity index (χ1v) is 6.18. The van der Waals surface area contributed by atoms with Gasteiger partial charge in [0.15, 0.2) is 0 Å². The molecule has 1 aromatic rings. The van der Waals surface area contributed by atoms with Crippen LogP contribution in [-0.2, 0) is 4.74 Å². The van der Waals surface area contributed by atoms with Crippen molar-refractivity contribution in [1.29, 1.82) is 0 Å². The molecule has 0 saturated carbocycles. The number of hydrogen-bond donors (Lipinski definition) is 2. The van der Waals surface area contributed by atoms with Crippen LogP contribution in [0.4, 0.5) is 0 Å². The zero-order chi connectivity index (χ0) is 12.1. The van der Waals surface area contributed by atoms with E-state index in [0.717, 1.165) is 37.3 Å². The second-order valence-electron chi connectivity index (χ2n) is 4.51. The molecule has 2 atom stereocenters. The Hall–Kier alpha value is -0.970. The first kappa shape index (κ1) is 12.5. The van der Waals surface area contributed by atoms with Gasteiger partial charge in [-0.25, -0.2) is 0 Å². The SMILES string of the molecule is Cc1ccc(C(CO)NCC2CCCO2)cn1. The quantitative estimate of drug-likeness (QED) is 0.806. The Labute approximate surface area is 102 Å². The van der Waals surface area contributed by atoms with Crippen LogP contribution in [0.2, 0.25) is 0 Å². The van der Waals surface area contributed by atoms with Gasteiger partial charge in [-0.15, -0.1) is 0 Å². The third-order valence-electron chi connectivity index (χ3n) is 3.14. The number of aliphatic hydroxyl groups excluding tert-OH is 1. The lowest BCUT2D eigenvalue weighted by Crippen LogP contribution is -2.32. The Morgan fingerprint density at radius 3 is 3.06 bits per heavy atom. The van der Waals surface area contributed by atoms with Crippen molar-refractivity contribution >= 4 is 0 Å². The van der Waals surface area contributed by atoms with E-state index >= 15 is 0 Å². The predicted octanol–water partition coefficient (Wildman–Crippen LogP) is 1.19. The summed E-state index contributed by atoms with van der Waals surface area (Å²) < 4.78 is 5.54. The van der Waals surface area contributed by atoms with Crippen LogP contribution < -0.4 is 5.32 Å². The Balaban J connectivity index is 1.89. The minimum Gasteiger partial charge on any atom is -0.394 e. The van der Waals surface area contributed by atoms with E-state index in [4.69, 9.17) is 4.74 Å². The molecule has 1 fully saturated rings. The summed E-state index contributed by atoms with van der Waals surface area (Å²) in [6, 6.07) is 3.92. The van der Waals surface area contributed by atoms with Crippen LogP contribution in [0.5, 0.6) is 0 Å². The van der Waals surface area contributed by atoms with Gasteiger partial charge in [-0.2, -0.15) is 0 Å². The Morgan fingerprint density at radius 1 is 1.59 bits per heavy atom. The predicted molar refractivity (Wildman–Crippen MR) is 65.8 cm³/mol.